The van der Waals surface area contributed by atoms with Crippen molar-refractivity contribution in [2.24, 2.45) is 5.10 Å². The summed E-state index contributed by atoms with van der Waals surface area (Å²) in [5, 5.41) is 4.65. The Labute approximate surface area is 152 Å². The predicted octanol–water partition coefficient (Wildman–Crippen LogP) is 2.94. The van der Waals surface area contributed by atoms with Gasteiger partial charge < -0.3 is 14.2 Å². The van der Waals surface area contributed by atoms with Gasteiger partial charge in [0.05, 0.1) is 31.6 Å². The van der Waals surface area contributed by atoms with Gasteiger partial charge in [-0.1, -0.05) is 12.1 Å². The first kappa shape index (κ1) is 18.3. The van der Waals surface area contributed by atoms with E-state index in [4.69, 9.17) is 9.47 Å². The van der Waals surface area contributed by atoms with Crippen LogP contribution in [-0.4, -0.2) is 43.9 Å². The average Bonchev–Trinajstić information content (AvgIpc) is 2.91. The number of hydrazone groups is 1. The van der Waals surface area contributed by atoms with Crippen LogP contribution in [0.1, 0.15) is 26.3 Å². The number of benzene rings is 2. The molecule has 0 fully saturated rings. The number of carbonyl (C=O) groups is 2. The van der Waals surface area contributed by atoms with Crippen LogP contribution in [0, 0.1) is 0 Å². The molecule has 0 spiro atoms. The lowest BCUT2D eigenvalue weighted by molar-refractivity contribution is -0.0526. The monoisotopic (exact) mass is 376 g/mol. The van der Waals surface area contributed by atoms with Gasteiger partial charge in [0.2, 0.25) is 5.75 Å². The number of ether oxygens (including phenoxy) is 3. The van der Waals surface area contributed by atoms with Crippen LogP contribution in [0.3, 0.4) is 0 Å². The van der Waals surface area contributed by atoms with Crippen LogP contribution in [0.4, 0.5) is 8.78 Å². The molecule has 140 valence electrons. The number of halogens is 2. The maximum Gasteiger partial charge on any atom is 0.387 e. The summed E-state index contributed by atoms with van der Waals surface area (Å²) in [7, 11) is 2.55. The second-order valence-corrected chi connectivity index (χ2v) is 5.35. The van der Waals surface area contributed by atoms with Crippen molar-refractivity contribution in [3.63, 3.8) is 0 Å². The molecular formula is C18H14F2N2O5. The summed E-state index contributed by atoms with van der Waals surface area (Å²) in [6.45, 7) is -3.06. The first-order valence-electron chi connectivity index (χ1n) is 7.69. The number of imide groups is 1. The number of carbonyl (C=O) groups excluding carboxylic acids is 2. The Balaban J connectivity index is 1.92. The van der Waals surface area contributed by atoms with Crippen LogP contribution in [0.15, 0.2) is 41.5 Å². The predicted molar refractivity (Wildman–Crippen MR) is 90.7 cm³/mol. The molecule has 0 bridgehead atoms. The molecule has 0 N–H and O–H groups in total. The van der Waals surface area contributed by atoms with Crippen LogP contribution in [0.2, 0.25) is 0 Å². The Kier molecular flexibility index (Phi) is 5.02. The van der Waals surface area contributed by atoms with E-state index in [1.165, 1.54) is 44.7 Å². The molecule has 1 aliphatic heterocycles. The van der Waals surface area contributed by atoms with Crippen molar-refractivity contribution in [3.8, 4) is 17.2 Å². The molecule has 0 saturated heterocycles. The summed E-state index contributed by atoms with van der Waals surface area (Å²) in [4.78, 5) is 24.6. The molecule has 2 aromatic rings. The molecule has 7 nitrogen and oxygen atoms in total. The third-order valence-corrected chi connectivity index (χ3v) is 3.78. The number of hydrogen-bond acceptors (Lipinski definition) is 6. The Morgan fingerprint density at radius 3 is 1.96 bits per heavy atom. The van der Waals surface area contributed by atoms with Crippen LogP contribution in [0.5, 0.6) is 17.2 Å². The molecular weight excluding hydrogens is 362 g/mol. The Hall–Kier alpha value is -3.49. The third kappa shape index (κ3) is 3.43. The van der Waals surface area contributed by atoms with Gasteiger partial charge in [-0.05, 0) is 24.3 Å². The second kappa shape index (κ2) is 7.40. The zero-order chi connectivity index (χ0) is 19.6. The van der Waals surface area contributed by atoms with E-state index in [-0.39, 0.29) is 28.4 Å². The van der Waals surface area contributed by atoms with Crippen LogP contribution >= 0.6 is 0 Å². The van der Waals surface area contributed by atoms with Gasteiger partial charge in [-0.3, -0.25) is 9.59 Å². The molecule has 3 rings (SSSR count). The van der Waals surface area contributed by atoms with Crippen molar-refractivity contribution in [2.75, 3.05) is 14.2 Å². The molecule has 1 aliphatic rings. The van der Waals surface area contributed by atoms with Gasteiger partial charge in [0.25, 0.3) is 11.8 Å². The minimum absolute atomic E-state index is 0.0153. The van der Waals surface area contributed by atoms with E-state index in [0.717, 1.165) is 5.01 Å². The smallest absolute Gasteiger partial charge is 0.387 e. The summed E-state index contributed by atoms with van der Waals surface area (Å²) in [5.41, 5.74) is 0.868. The van der Waals surface area contributed by atoms with Gasteiger partial charge in [0, 0.05) is 5.56 Å². The van der Waals surface area contributed by atoms with E-state index in [0.29, 0.717) is 5.56 Å². The third-order valence-electron chi connectivity index (χ3n) is 3.78. The highest BCUT2D eigenvalue weighted by Crippen LogP contribution is 2.39. The molecule has 0 unspecified atom stereocenters. The molecule has 0 atom stereocenters. The van der Waals surface area contributed by atoms with E-state index >= 15 is 0 Å². The molecule has 0 aromatic heterocycles. The molecule has 2 amide bonds. The van der Waals surface area contributed by atoms with Crippen molar-refractivity contribution in [1.29, 1.82) is 0 Å². The molecule has 1 heterocycles. The van der Waals surface area contributed by atoms with Gasteiger partial charge in [-0.15, -0.1) is 0 Å². The lowest BCUT2D eigenvalue weighted by atomic mass is 10.1. The fraction of sp³-hybridized carbons (Fsp3) is 0.167. The Morgan fingerprint density at radius 2 is 1.52 bits per heavy atom. The van der Waals surface area contributed by atoms with Gasteiger partial charge in [0.1, 0.15) is 0 Å². The first-order valence-corrected chi connectivity index (χ1v) is 7.69. The summed E-state index contributed by atoms with van der Waals surface area (Å²) in [6, 6.07) is 9.09. The topological polar surface area (TPSA) is 77.4 Å². The van der Waals surface area contributed by atoms with Gasteiger partial charge in [0.15, 0.2) is 11.5 Å². The zero-order valence-corrected chi connectivity index (χ0v) is 14.3. The fourth-order valence-corrected chi connectivity index (χ4v) is 2.59. The minimum Gasteiger partial charge on any atom is -0.493 e. The van der Waals surface area contributed by atoms with Crippen molar-refractivity contribution in [1.82, 2.24) is 5.01 Å². The van der Waals surface area contributed by atoms with E-state index in [1.807, 2.05) is 0 Å². The molecule has 0 aliphatic carbocycles. The van der Waals surface area contributed by atoms with Crippen LogP contribution < -0.4 is 14.2 Å². The van der Waals surface area contributed by atoms with Crippen molar-refractivity contribution in [2.45, 2.75) is 6.61 Å². The number of nitrogens with zero attached hydrogens (tertiary/aromatic N) is 2. The van der Waals surface area contributed by atoms with Gasteiger partial charge in [-0.2, -0.15) is 18.9 Å². The Morgan fingerprint density at radius 1 is 1.00 bits per heavy atom. The SMILES string of the molecule is COc1cc(/C=N\N2C(=O)c3ccccc3C2=O)cc(OC)c1OC(F)F. The highest BCUT2D eigenvalue weighted by atomic mass is 19.3. The summed E-state index contributed by atoms with van der Waals surface area (Å²) >= 11 is 0. The average molecular weight is 376 g/mol. The number of fused-ring (bicyclic) bond motifs is 1. The lowest BCUT2D eigenvalue weighted by Crippen LogP contribution is -2.24. The standard InChI is InChI=1S/C18H14F2N2O5/c1-25-13-7-10(8-14(26-2)15(13)27-18(19)20)9-21-22-16(23)11-5-3-4-6-12(11)17(22)24/h3-9,18H,1-2H3/b21-9-. The highest BCUT2D eigenvalue weighted by Gasteiger charge is 2.35. The maximum absolute atomic E-state index is 12.6. The van der Waals surface area contributed by atoms with Crippen molar-refractivity contribution >= 4 is 18.0 Å². The van der Waals surface area contributed by atoms with Gasteiger partial charge >= 0.3 is 6.61 Å². The summed E-state index contributed by atoms with van der Waals surface area (Å²) in [5.74, 6) is -1.41. The second-order valence-electron chi connectivity index (χ2n) is 5.35. The zero-order valence-electron chi connectivity index (χ0n) is 14.3. The van der Waals surface area contributed by atoms with Gasteiger partial charge in [-0.25, -0.2) is 0 Å². The highest BCUT2D eigenvalue weighted by molar-refractivity contribution is 6.21. The van der Waals surface area contributed by atoms with Crippen LogP contribution in [0.25, 0.3) is 0 Å². The van der Waals surface area contributed by atoms with Crippen LogP contribution in [-0.2, 0) is 0 Å². The first-order chi connectivity index (χ1) is 13.0. The number of methoxy groups -OCH3 is 2. The summed E-state index contributed by atoms with van der Waals surface area (Å²) < 4.78 is 39.7. The molecule has 0 saturated carbocycles. The number of hydrogen-bond donors (Lipinski definition) is 0. The molecule has 2 aromatic carbocycles. The lowest BCUT2D eigenvalue weighted by Gasteiger charge is -2.14. The number of alkyl halides is 2. The van der Waals surface area contributed by atoms with Crippen molar-refractivity contribution in [3.05, 3.63) is 53.1 Å². The van der Waals surface area contributed by atoms with E-state index in [1.54, 1.807) is 12.1 Å². The summed E-state index contributed by atoms with van der Waals surface area (Å²) in [6.07, 6.45) is 1.22. The Bertz CT molecular complexity index is 870. The largest absolute Gasteiger partial charge is 0.493 e. The van der Waals surface area contributed by atoms with E-state index < -0.39 is 18.4 Å². The quantitative estimate of drug-likeness (QED) is 0.572. The number of rotatable bonds is 6. The minimum atomic E-state index is -3.06. The van der Waals surface area contributed by atoms with E-state index in [2.05, 4.69) is 9.84 Å². The molecule has 0 radical (unpaired) electrons. The van der Waals surface area contributed by atoms with Crippen molar-refractivity contribution < 1.29 is 32.6 Å². The fourth-order valence-electron chi connectivity index (χ4n) is 2.59. The maximum atomic E-state index is 12.6. The number of amides is 2. The molecule has 27 heavy (non-hydrogen) atoms. The molecule has 9 heteroatoms. The normalized spacial score (nSPS) is 13.4. The van der Waals surface area contributed by atoms with E-state index in [9.17, 15) is 18.4 Å².